The first-order valence-corrected chi connectivity index (χ1v) is 8.55. The number of likely N-dealkylation sites (N-methyl/N-ethyl adjacent to an activating group) is 1. The number of amides is 4. The minimum atomic E-state index is -0.785. The summed E-state index contributed by atoms with van der Waals surface area (Å²) in [7, 11) is 3.09. The second-order valence-electron chi connectivity index (χ2n) is 6.21. The summed E-state index contributed by atoms with van der Waals surface area (Å²) in [5, 5.41) is 7.43. The summed E-state index contributed by atoms with van der Waals surface area (Å²) in [6.07, 6.45) is 0. The molecule has 0 saturated carbocycles. The molecule has 0 bridgehead atoms. The van der Waals surface area contributed by atoms with Crippen molar-refractivity contribution in [2.75, 3.05) is 26.0 Å². The maximum Gasteiger partial charge on any atom is 0.321 e. The smallest absolute Gasteiger partial charge is 0.321 e. The third kappa shape index (κ3) is 5.93. The van der Waals surface area contributed by atoms with Crippen molar-refractivity contribution < 1.29 is 14.4 Å². The first-order chi connectivity index (χ1) is 12.9. The molecule has 0 unspecified atom stereocenters. The number of hydrogen-bond acceptors (Lipinski definition) is 4. The van der Waals surface area contributed by atoms with Crippen molar-refractivity contribution >= 4 is 23.5 Å². The van der Waals surface area contributed by atoms with E-state index in [1.165, 1.54) is 7.05 Å². The Hall–Kier alpha value is -3.19. The van der Waals surface area contributed by atoms with Gasteiger partial charge < -0.3 is 10.6 Å². The van der Waals surface area contributed by atoms with Crippen molar-refractivity contribution in [1.82, 2.24) is 15.5 Å². The highest BCUT2D eigenvalue weighted by Gasteiger charge is 2.27. The topological polar surface area (TPSA) is 90.5 Å². The molecule has 7 heteroatoms. The molecule has 0 spiro atoms. The van der Waals surface area contributed by atoms with Gasteiger partial charge in [0.25, 0.3) is 0 Å². The van der Waals surface area contributed by atoms with Gasteiger partial charge in [-0.05, 0) is 31.7 Å². The van der Waals surface area contributed by atoms with E-state index in [9.17, 15) is 14.4 Å². The summed E-state index contributed by atoms with van der Waals surface area (Å²) < 4.78 is 0. The lowest BCUT2D eigenvalue weighted by atomic mass is 10.0. The SMILES string of the molecule is CNC(=O)NC(=O)[C@@H](c1ccccc1)N(C)CC(=O)Nc1ccc(C)cc1. The van der Waals surface area contributed by atoms with Gasteiger partial charge >= 0.3 is 6.03 Å². The lowest BCUT2D eigenvalue weighted by molar-refractivity contribution is -0.126. The number of benzene rings is 2. The zero-order valence-corrected chi connectivity index (χ0v) is 15.7. The van der Waals surface area contributed by atoms with Crippen LogP contribution in [0.15, 0.2) is 54.6 Å². The third-order valence-corrected chi connectivity index (χ3v) is 4.00. The number of imide groups is 1. The van der Waals surface area contributed by atoms with Crippen LogP contribution in [-0.2, 0) is 9.59 Å². The van der Waals surface area contributed by atoms with Crippen molar-refractivity contribution in [3.63, 3.8) is 0 Å². The summed E-state index contributed by atoms with van der Waals surface area (Å²) in [4.78, 5) is 38.1. The Morgan fingerprint density at radius 2 is 1.63 bits per heavy atom. The van der Waals surface area contributed by atoms with E-state index < -0.39 is 18.0 Å². The third-order valence-electron chi connectivity index (χ3n) is 4.00. The summed E-state index contributed by atoms with van der Waals surface area (Å²) in [6, 6.07) is 15.1. The molecule has 0 saturated heterocycles. The second kappa shape index (κ2) is 9.49. The molecular formula is C20H24N4O3. The van der Waals surface area contributed by atoms with Crippen LogP contribution in [0.5, 0.6) is 0 Å². The van der Waals surface area contributed by atoms with Crippen molar-refractivity contribution in [3.8, 4) is 0 Å². The fourth-order valence-corrected chi connectivity index (χ4v) is 2.64. The highest BCUT2D eigenvalue weighted by molar-refractivity contribution is 5.98. The van der Waals surface area contributed by atoms with E-state index in [1.807, 2.05) is 37.3 Å². The van der Waals surface area contributed by atoms with Crippen LogP contribution in [-0.4, -0.2) is 43.4 Å². The van der Waals surface area contributed by atoms with Gasteiger partial charge in [0, 0.05) is 12.7 Å². The zero-order valence-electron chi connectivity index (χ0n) is 15.7. The second-order valence-corrected chi connectivity index (χ2v) is 6.21. The van der Waals surface area contributed by atoms with Crippen LogP contribution in [0.25, 0.3) is 0 Å². The average Bonchev–Trinajstić information content (AvgIpc) is 2.64. The molecule has 2 rings (SSSR count). The number of nitrogens with zero attached hydrogens (tertiary/aromatic N) is 1. The van der Waals surface area contributed by atoms with Gasteiger partial charge in [0.2, 0.25) is 11.8 Å². The minimum Gasteiger partial charge on any atom is -0.341 e. The number of carbonyl (C=O) groups excluding carboxylic acids is 3. The first kappa shape index (κ1) is 20.1. The van der Waals surface area contributed by atoms with Gasteiger partial charge in [-0.1, -0.05) is 48.0 Å². The fourth-order valence-electron chi connectivity index (χ4n) is 2.64. The molecule has 0 aliphatic heterocycles. The molecule has 0 radical (unpaired) electrons. The zero-order chi connectivity index (χ0) is 19.8. The Morgan fingerprint density at radius 1 is 1.00 bits per heavy atom. The van der Waals surface area contributed by atoms with Gasteiger partial charge in [0.1, 0.15) is 6.04 Å². The average molecular weight is 368 g/mol. The molecule has 1 atom stereocenters. The Labute approximate surface area is 158 Å². The highest BCUT2D eigenvalue weighted by atomic mass is 16.2. The monoisotopic (exact) mass is 368 g/mol. The van der Waals surface area contributed by atoms with E-state index >= 15 is 0 Å². The number of anilines is 1. The van der Waals surface area contributed by atoms with E-state index in [0.717, 1.165) is 5.56 Å². The number of hydrogen-bond donors (Lipinski definition) is 3. The number of aryl methyl sites for hydroxylation is 1. The summed E-state index contributed by atoms with van der Waals surface area (Å²) in [5.41, 5.74) is 2.47. The van der Waals surface area contributed by atoms with Crippen LogP contribution in [0.3, 0.4) is 0 Å². The van der Waals surface area contributed by atoms with E-state index in [1.54, 1.807) is 36.2 Å². The Kier molecular flexibility index (Phi) is 7.08. The summed E-state index contributed by atoms with van der Waals surface area (Å²) >= 11 is 0. The predicted molar refractivity (Wildman–Crippen MR) is 104 cm³/mol. The largest absolute Gasteiger partial charge is 0.341 e. The van der Waals surface area contributed by atoms with Gasteiger partial charge in [0.15, 0.2) is 0 Å². The van der Waals surface area contributed by atoms with Crippen molar-refractivity contribution in [2.45, 2.75) is 13.0 Å². The molecule has 4 amide bonds. The van der Waals surface area contributed by atoms with Crippen LogP contribution in [0, 0.1) is 6.92 Å². The standard InChI is InChI=1S/C20H24N4O3/c1-14-9-11-16(12-10-14)22-17(25)13-24(3)18(15-7-5-4-6-8-15)19(26)23-20(27)21-2/h4-12,18H,13H2,1-3H3,(H,22,25)(H2,21,23,26,27)/t18-/m1/s1. The normalized spacial score (nSPS) is 11.6. The molecule has 7 nitrogen and oxygen atoms in total. The van der Waals surface area contributed by atoms with E-state index in [-0.39, 0.29) is 12.5 Å². The van der Waals surface area contributed by atoms with Gasteiger partial charge in [-0.15, -0.1) is 0 Å². The van der Waals surface area contributed by atoms with Gasteiger partial charge in [-0.3, -0.25) is 19.8 Å². The maximum absolute atomic E-state index is 12.6. The van der Waals surface area contributed by atoms with Crippen molar-refractivity contribution in [1.29, 1.82) is 0 Å². The molecule has 0 heterocycles. The van der Waals surface area contributed by atoms with Gasteiger partial charge in [-0.25, -0.2) is 4.79 Å². The lowest BCUT2D eigenvalue weighted by Gasteiger charge is -2.26. The van der Waals surface area contributed by atoms with Crippen molar-refractivity contribution in [3.05, 3.63) is 65.7 Å². The molecular weight excluding hydrogens is 344 g/mol. The molecule has 0 fully saturated rings. The molecule has 0 aliphatic carbocycles. The highest BCUT2D eigenvalue weighted by Crippen LogP contribution is 2.19. The first-order valence-electron chi connectivity index (χ1n) is 8.55. The van der Waals surface area contributed by atoms with E-state index in [2.05, 4.69) is 16.0 Å². The Morgan fingerprint density at radius 3 is 2.22 bits per heavy atom. The molecule has 3 N–H and O–H groups in total. The number of carbonyl (C=O) groups is 3. The van der Waals surface area contributed by atoms with Crippen LogP contribution >= 0.6 is 0 Å². The van der Waals surface area contributed by atoms with Crippen LogP contribution in [0.1, 0.15) is 17.2 Å². The number of urea groups is 1. The number of rotatable bonds is 6. The van der Waals surface area contributed by atoms with Gasteiger partial charge in [-0.2, -0.15) is 0 Å². The Bertz CT molecular complexity index is 791. The molecule has 0 aromatic heterocycles. The molecule has 2 aromatic carbocycles. The fraction of sp³-hybridized carbons (Fsp3) is 0.250. The van der Waals surface area contributed by atoms with E-state index in [4.69, 9.17) is 0 Å². The molecule has 2 aromatic rings. The predicted octanol–water partition coefficient (Wildman–Crippen LogP) is 2.06. The minimum absolute atomic E-state index is 0.0192. The molecule has 0 aliphatic rings. The molecule has 27 heavy (non-hydrogen) atoms. The summed E-state index contributed by atoms with van der Waals surface area (Å²) in [6.45, 7) is 1.95. The quantitative estimate of drug-likeness (QED) is 0.728. The molecule has 142 valence electrons. The van der Waals surface area contributed by atoms with E-state index in [0.29, 0.717) is 11.3 Å². The lowest BCUT2D eigenvalue weighted by Crippen LogP contribution is -2.46. The Balaban J connectivity index is 2.11. The maximum atomic E-state index is 12.6. The van der Waals surface area contributed by atoms with Crippen LogP contribution in [0.2, 0.25) is 0 Å². The summed E-state index contributed by atoms with van der Waals surface area (Å²) in [5.74, 6) is -0.763. The number of nitrogens with one attached hydrogen (secondary N) is 3. The van der Waals surface area contributed by atoms with Gasteiger partial charge in [0.05, 0.1) is 6.54 Å². The van der Waals surface area contributed by atoms with Crippen LogP contribution < -0.4 is 16.0 Å². The van der Waals surface area contributed by atoms with Crippen molar-refractivity contribution in [2.24, 2.45) is 0 Å². The van der Waals surface area contributed by atoms with Crippen LogP contribution in [0.4, 0.5) is 10.5 Å².